The lowest BCUT2D eigenvalue weighted by atomic mass is 10.1. The van der Waals surface area contributed by atoms with E-state index in [1.54, 1.807) is 6.08 Å². The van der Waals surface area contributed by atoms with Crippen LogP contribution in [0.1, 0.15) is 51.4 Å². The predicted molar refractivity (Wildman–Crippen MR) is 79.6 cm³/mol. The summed E-state index contributed by atoms with van der Waals surface area (Å²) in [5.74, 6) is -1.65. The normalized spacial score (nSPS) is 11.8. The van der Waals surface area contributed by atoms with Gasteiger partial charge in [0.15, 0.2) is 0 Å². The Hall–Kier alpha value is -1.84. The second kappa shape index (κ2) is 13.6. The molecule has 0 aromatic carbocycles. The van der Waals surface area contributed by atoms with Crippen LogP contribution in [0.3, 0.4) is 0 Å². The molecule has 4 nitrogen and oxygen atoms in total. The molecule has 0 fully saturated rings. The molecule has 0 amide bonds. The van der Waals surface area contributed by atoms with E-state index in [1.165, 1.54) is 12.5 Å². The van der Waals surface area contributed by atoms with Gasteiger partial charge >= 0.3 is 11.9 Å². The van der Waals surface area contributed by atoms with Gasteiger partial charge in [-0.05, 0) is 19.3 Å². The summed E-state index contributed by atoms with van der Waals surface area (Å²) in [6, 6.07) is 0. The summed E-state index contributed by atoms with van der Waals surface area (Å²) >= 11 is 0. The topological polar surface area (TPSA) is 74.6 Å². The van der Waals surface area contributed by atoms with Gasteiger partial charge in [0, 0.05) is 12.5 Å². The molecule has 0 bridgehead atoms. The van der Waals surface area contributed by atoms with Crippen molar-refractivity contribution in [3.8, 4) is 0 Å². The fourth-order valence-corrected chi connectivity index (χ4v) is 1.69. The number of carbonyl (C=O) groups is 2. The van der Waals surface area contributed by atoms with Crippen LogP contribution in [-0.2, 0) is 9.59 Å². The quantitative estimate of drug-likeness (QED) is 0.322. The van der Waals surface area contributed by atoms with E-state index < -0.39 is 11.9 Å². The number of allylic oxidation sites excluding steroid dienone is 5. The lowest BCUT2D eigenvalue weighted by Gasteiger charge is -1.99. The molecule has 0 aliphatic carbocycles. The second-order valence-corrected chi connectivity index (χ2v) is 4.56. The molecule has 4 heteroatoms. The van der Waals surface area contributed by atoms with Gasteiger partial charge in [0.05, 0.1) is 0 Å². The van der Waals surface area contributed by atoms with E-state index in [4.69, 9.17) is 10.2 Å². The van der Waals surface area contributed by atoms with E-state index in [0.717, 1.165) is 44.6 Å². The van der Waals surface area contributed by atoms with Crippen LogP contribution in [0.25, 0.3) is 0 Å². The zero-order chi connectivity index (χ0) is 15.1. The fraction of sp³-hybridized carbons (Fsp3) is 0.500. The van der Waals surface area contributed by atoms with Crippen LogP contribution in [-0.4, -0.2) is 22.2 Å². The van der Waals surface area contributed by atoms with Crippen LogP contribution in [0.4, 0.5) is 0 Å². The van der Waals surface area contributed by atoms with Crippen molar-refractivity contribution >= 4 is 11.9 Å². The first-order chi connectivity index (χ1) is 9.63. The molecule has 0 aliphatic rings. The highest BCUT2D eigenvalue weighted by Crippen LogP contribution is 2.08. The molecule has 20 heavy (non-hydrogen) atoms. The number of carboxylic acid groups (broad SMARTS) is 2. The van der Waals surface area contributed by atoms with Crippen LogP contribution < -0.4 is 0 Å². The highest BCUT2D eigenvalue weighted by atomic mass is 16.4. The Labute approximate surface area is 120 Å². The summed E-state index contributed by atoms with van der Waals surface area (Å²) < 4.78 is 0. The van der Waals surface area contributed by atoms with Crippen LogP contribution in [0.5, 0.6) is 0 Å². The van der Waals surface area contributed by atoms with Gasteiger partial charge in [-0.2, -0.15) is 0 Å². The molecule has 0 aromatic heterocycles. The van der Waals surface area contributed by atoms with E-state index in [2.05, 4.69) is 6.08 Å². The SMILES string of the molecule is O=C(O)/C=C/C=C/C=C/CCCCCCCCC(=O)O. The van der Waals surface area contributed by atoms with Gasteiger partial charge in [0.2, 0.25) is 0 Å². The number of hydrogen-bond donors (Lipinski definition) is 2. The number of hydrogen-bond acceptors (Lipinski definition) is 2. The standard InChI is InChI=1S/C16H24O4/c17-15(18)13-11-9-7-5-3-1-2-4-6-8-10-12-14-16(19)20/h3,5,7,9,11,13H,1-2,4,6,8,10,12,14H2,(H,17,18)(H,19,20)/b5-3+,9-7+,13-11+. The van der Waals surface area contributed by atoms with E-state index in [1.807, 2.05) is 12.2 Å². The maximum Gasteiger partial charge on any atom is 0.328 e. The minimum Gasteiger partial charge on any atom is -0.481 e. The number of aliphatic carboxylic acids is 2. The maximum atomic E-state index is 10.3. The van der Waals surface area contributed by atoms with Crippen LogP contribution in [0, 0.1) is 0 Å². The Morgan fingerprint density at radius 3 is 2.00 bits per heavy atom. The third kappa shape index (κ3) is 16.2. The van der Waals surface area contributed by atoms with Crippen molar-refractivity contribution in [3.05, 3.63) is 36.5 Å². The fourth-order valence-electron chi connectivity index (χ4n) is 1.69. The minimum atomic E-state index is -0.943. The van der Waals surface area contributed by atoms with Gasteiger partial charge in [0.1, 0.15) is 0 Å². The van der Waals surface area contributed by atoms with Crippen molar-refractivity contribution in [1.82, 2.24) is 0 Å². The van der Waals surface area contributed by atoms with Crippen molar-refractivity contribution in [2.24, 2.45) is 0 Å². The van der Waals surface area contributed by atoms with E-state index >= 15 is 0 Å². The summed E-state index contributed by atoms with van der Waals surface area (Å²) in [5.41, 5.74) is 0. The monoisotopic (exact) mass is 280 g/mol. The molecule has 0 unspecified atom stereocenters. The largest absolute Gasteiger partial charge is 0.481 e. The molecule has 0 rings (SSSR count). The number of rotatable bonds is 12. The molecule has 0 aromatic rings. The molecule has 2 N–H and O–H groups in total. The molecule has 0 aliphatic heterocycles. The zero-order valence-electron chi connectivity index (χ0n) is 11.8. The zero-order valence-corrected chi connectivity index (χ0v) is 11.8. The summed E-state index contributed by atoms with van der Waals surface area (Å²) in [6.07, 6.45) is 17.7. The Balaban J connectivity index is 3.31. The lowest BCUT2D eigenvalue weighted by molar-refractivity contribution is -0.137. The second-order valence-electron chi connectivity index (χ2n) is 4.56. The van der Waals surface area contributed by atoms with Crippen LogP contribution in [0.2, 0.25) is 0 Å². The first-order valence-corrected chi connectivity index (χ1v) is 7.07. The smallest absolute Gasteiger partial charge is 0.328 e. The first-order valence-electron chi connectivity index (χ1n) is 7.07. The highest BCUT2D eigenvalue weighted by molar-refractivity contribution is 5.80. The molecule has 0 saturated carbocycles. The lowest BCUT2D eigenvalue weighted by Crippen LogP contribution is -1.93. The average Bonchev–Trinajstić information content (AvgIpc) is 2.38. The van der Waals surface area contributed by atoms with Crippen molar-refractivity contribution in [3.63, 3.8) is 0 Å². The van der Waals surface area contributed by atoms with E-state index in [9.17, 15) is 9.59 Å². The third-order valence-electron chi connectivity index (χ3n) is 2.72. The molecular formula is C16H24O4. The molecule has 0 atom stereocenters. The van der Waals surface area contributed by atoms with E-state index in [0.29, 0.717) is 0 Å². The summed E-state index contributed by atoms with van der Waals surface area (Å²) in [4.78, 5) is 20.5. The molecular weight excluding hydrogens is 256 g/mol. The average molecular weight is 280 g/mol. The summed E-state index contributed by atoms with van der Waals surface area (Å²) in [7, 11) is 0. The highest BCUT2D eigenvalue weighted by Gasteiger charge is 1.95. The molecule has 0 heterocycles. The van der Waals surface area contributed by atoms with Crippen molar-refractivity contribution in [1.29, 1.82) is 0 Å². The molecule has 0 radical (unpaired) electrons. The van der Waals surface area contributed by atoms with Crippen LogP contribution in [0.15, 0.2) is 36.5 Å². The van der Waals surface area contributed by atoms with Crippen LogP contribution >= 0.6 is 0 Å². The van der Waals surface area contributed by atoms with Crippen molar-refractivity contribution in [2.75, 3.05) is 0 Å². The van der Waals surface area contributed by atoms with Gasteiger partial charge in [-0.3, -0.25) is 4.79 Å². The Kier molecular flexibility index (Phi) is 12.3. The Morgan fingerprint density at radius 1 is 0.750 bits per heavy atom. The van der Waals surface area contributed by atoms with Crippen molar-refractivity contribution < 1.29 is 19.8 Å². The summed E-state index contributed by atoms with van der Waals surface area (Å²) in [5, 5.41) is 16.8. The van der Waals surface area contributed by atoms with E-state index in [-0.39, 0.29) is 6.42 Å². The molecule has 0 spiro atoms. The Bertz CT molecular complexity index is 353. The van der Waals surface area contributed by atoms with Crippen molar-refractivity contribution in [2.45, 2.75) is 51.4 Å². The minimum absolute atomic E-state index is 0.283. The van der Waals surface area contributed by atoms with Gasteiger partial charge in [-0.15, -0.1) is 0 Å². The van der Waals surface area contributed by atoms with Gasteiger partial charge in [0.25, 0.3) is 0 Å². The molecule has 0 saturated heterocycles. The third-order valence-corrected chi connectivity index (χ3v) is 2.72. The van der Waals surface area contributed by atoms with Gasteiger partial charge in [-0.1, -0.05) is 56.1 Å². The Morgan fingerprint density at radius 2 is 1.35 bits per heavy atom. The summed E-state index contributed by atoms with van der Waals surface area (Å²) in [6.45, 7) is 0. The maximum absolute atomic E-state index is 10.3. The number of carboxylic acids is 2. The number of unbranched alkanes of at least 4 members (excludes halogenated alkanes) is 6. The predicted octanol–water partition coefficient (Wildman–Crippen LogP) is 3.95. The van der Waals surface area contributed by atoms with Gasteiger partial charge in [-0.25, -0.2) is 4.79 Å². The first kappa shape index (κ1) is 18.2. The van der Waals surface area contributed by atoms with Gasteiger partial charge < -0.3 is 10.2 Å². The molecule has 112 valence electrons.